The van der Waals surface area contributed by atoms with Crippen molar-refractivity contribution in [1.82, 2.24) is 10.6 Å². The Kier molecular flexibility index (Phi) is 12.6. The third-order valence-electron chi connectivity index (χ3n) is 4.16. The van der Waals surface area contributed by atoms with Crippen LogP contribution in [0.15, 0.2) is 47.5 Å². The van der Waals surface area contributed by atoms with Crippen LogP contribution in [0.1, 0.15) is 25.3 Å². The number of hydrogen-bond donors (Lipinski definition) is 2. The number of rotatable bonds is 11. The number of guanidine groups is 1. The summed E-state index contributed by atoms with van der Waals surface area (Å²) in [7, 11) is 3.24. The Morgan fingerprint density at radius 1 is 0.967 bits per heavy atom. The van der Waals surface area contributed by atoms with E-state index in [4.69, 9.17) is 14.2 Å². The number of nitrogens with one attached hydrogen (secondary N) is 2. The van der Waals surface area contributed by atoms with E-state index in [1.165, 1.54) is 12.1 Å². The van der Waals surface area contributed by atoms with Crippen LogP contribution < -0.4 is 24.8 Å². The van der Waals surface area contributed by atoms with Crippen molar-refractivity contribution >= 4 is 29.9 Å². The maximum absolute atomic E-state index is 12.9. The number of methoxy groups -OCH3 is 2. The molecule has 8 heteroatoms. The third kappa shape index (κ3) is 9.06. The van der Waals surface area contributed by atoms with Crippen LogP contribution in [-0.4, -0.2) is 39.9 Å². The molecule has 2 aromatic rings. The van der Waals surface area contributed by atoms with Gasteiger partial charge in [0.15, 0.2) is 17.5 Å². The van der Waals surface area contributed by atoms with E-state index in [9.17, 15) is 4.39 Å². The summed E-state index contributed by atoms with van der Waals surface area (Å²) in [5.41, 5.74) is 1.03. The van der Waals surface area contributed by atoms with Gasteiger partial charge in [0.1, 0.15) is 11.6 Å². The number of unbranched alkanes of at least 4 members (excludes halogenated alkanes) is 1. The Labute approximate surface area is 195 Å². The van der Waals surface area contributed by atoms with Gasteiger partial charge in [-0.25, -0.2) is 9.38 Å². The minimum absolute atomic E-state index is 0. The number of nitrogens with zero attached hydrogens (tertiary/aromatic N) is 1. The first-order chi connectivity index (χ1) is 14.2. The van der Waals surface area contributed by atoms with Gasteiger partial charge in [-0.2, -0.15) is 0 Å². The lowest BCUT2D eigenvalue weighted by Gasteiger charge is -2.12. The van der Waals surface area contributed by atoms with Crippen molar-refractivity contribution in [2.24, 2.45) is 4.99 Å². The van der Waals surface area contributed by atoms with Crippen LogP contribution in [0.5, 0.6) is 17.2 Å². The molecule has 0 radical (unpaired) electrons. The van der Waals surface area contributed by atoms with E-state index in [-0.39, 0.29) is 29.8 Å². The van der Waals surface area contributed by atoms with E-state index in [1.54, 1.807) is 26.4 Å². The van der Waals surface area contributed by atoms with E-state index in [0.29, 0.717) is 30.4 Å². The van der Waals surface area contributed by atoms with E-state index in [0.717, 1.165) is 37.5 Å². The summed E-state index contributed by atoms with van der Waals surface area (Å²) in [6.07, 6.45) is 1.82. The summed E-state index contributed by atoms with van der Waals surface area (Å²) in [5, 5.41) is 6.57. The monoisotopic (exact) mass is 531 g/mol. The molecule has 0 aliphatic heterocycles. The van der Waals surface area contributed by atoms with Gasteiger partial charge < -0.3 is 24.8 Å². The second kappa shape index (κ2) is 14.7. The molecule has 0 aliphatic carbocycles. The Hall–Kier alpha value is -2.23. The minimum atomic E-state index is -0.259. The van der Waals surface area contributed by atoms with Crippen LogP contribution in [0.2, 0.25) is 0 Å². The molecule has 2 N–H and O–H groups in total. The van der Waals surface area contributed by atoms with Crippen molar-refractivity contribution in [3.63, 3.8) is 0 Å². The smallest absolute Gasteiger partial charge is 0.191 e. The molecule has 0 unspecified atom stereocenters. The lowest BCUT2D eigenvalue weighted by Crippen LogP contribution is -2.37. The maximum Gasteiger partial charge on any atom is 0.191 e. The first-order valence-corrected chi connectivity index (χ1v) is 9.77. The largest absolute Gasteiger partial charge is 0.494 e. The highest BCUT2D eigenvalue weighted by atomic mass is 127. The van der Waals surface area contributed by atoms with Gasteiger partial charge in [0.05, 0.1) is 27.4 Å². The zero-order valence-corrected chi connectivity index (χ0v) is 20.1. The molecule has 2 aromatic carbocycles. The molecule has 0 aliphatic rings. The van der Waals surface area contributed by atoms with Crippen LogP contribution in [0.3, 0.4) is 0 Å². The molecule has 0 amide bonds. The molecule has 0 heterocycles. The zero-order chi connectivity index (χ0) is 20.9. The van der Waals surface area contributed by atoms with Gasteiger partial charge in [0, 0.05) is 13.1 Å². The Bertz CT molecular complexity index is 773. The predicted octanol–water partition coefficient (Wildman–Crippen LogP) is 4.38. The molecule has 0 saturated carbocycles. The predicted molar refractivity (Wildman–Crippen MR) is 129 cm³/mol. The Balaban J connectivity index is 0.00000450. The van der Waals surface area contributed by atoms with E-state index in [2.05, 4.69) is 15.6 Å². The highest BCUT2D eigenvalue weighted by Gasteiger charge is 2.05. The molecule has 0 aromatic heterocycles. The Morgan fingerprint density at radius 3 is 2.37 bits per heavy atom. The molecule has 0 fully saturated rings. The minimum Gasteiger partial charge on any atom is -0.494 e. The lowest BCUT2D eigenvalue weighted by atomic mass is 10.2. The summed E-state index contributed by atoms with van der Waals surface area (Å²) in [6.45, 7) is 4.72. The van der Waals surface area contributed by atoms with Crippen molar-refractivity contribution in [2.75, 3.05) is 33.9 Å². The number of aliphatic imine (C=N–C) groups is 1. The summed E-state index contributed by atoms with van der Waals surface area (Å²) >= 11 is 0. The summed E-state index contributed by atoms with van der Waals surface area (Å²) in [5.74, 6) is 2.59. The van der Waals surface area contributed by atoms with Gasteiger partial charge in [-0.3, -0.25) is 0 Å². The van der Waals surface area contributed by atoms with Crippen LogP contribution >= 0.6 is 24.0 Å². The van der Waals surface area contributed by atoms with Crippen LogP contribution in [-0.2, 0) is 6.54 Å². The van der Waals surface area contributed by atoms with E-state index in [1.807, 2.05) is 25.1 Å². The van der Waals surface area contributed by atoms with Crippen molar-refractivity contribution < 1.29 is 18.6 Å². The lowest BCUT2D eigenvalue weighted by molar-refractivity contribution is 0.306. The topological polar surface area (TPSA) is 64.1 Å². The molecule has 0 saturated heterocycles. The summed E-state index contributed by atoms with van der Waals surface area (Å²) in [6, 6.07) is 11.9. The average Bonchev–Trinajstić information content (AvgIpc) is 2.75. The molecule has 166 valence electrons. The Morgan fingerprint density at radius 2 is 1.70 bits per heavy atom. The van der Waals surface area contributed by atoms with Crippen LogP contribution in [0, 0.1) is 5.82 Å². The van der Waals surface area contributed by atoms with Gasteiger partial charge in [-0.15, -0.1) is 24.0 Å². The molecule has 0 bridgehead atoms. The fourth-order valence-electron chi connectivity index (χ4n) is 2.65. The molecule has 0 atom stereocenters. The van der Waals surface area contributed by atoms with Crippen molar-refractivity contribution in [1.29, 1.82) is 0 Å². The highest BCUT2D eigenvalue weighted by Crippen LogP contribution is 2.27. The molecule has 6 nitrogen and oxygen atoms in total. The first kappa shape index (κ1) is 25.8. The van der Waals surface area contributed by atoms with Gasteiger partial charge in [0.2, 0.25) is 0 Å². The maximum atomic E-state index is 12.9. The van der Waals surface area contributed by atoms with Gasteiger partial charge in [0.25, 0.3) is 0 Å². The normalized spacial score (nSPS) is 10.7. The zero-order valence-electron chi connectivity index (χ0n) is 17.7. The quantitative estimate of drug-likeness (QED) is 0.195. The number of ether oxygens (including phenoxy) is 3. The van der Waals surface area contributed by atoms with Crippen molar-refractivity contribution in [3.05, 3.63) is 53.8 Å². The molecule has 0 spiro atoms. The van der Waals surface area contributed by atoms with Gasteiger partial charge >= 0.3 is 0 Å². The van der Waals surface area contributed by atoms with E-state index < -0.39 is 0 Å². The summed E-state index contributed by atoms with van der Waals surface area (Å²) in [4.78, 5) is 4.62. The SMILES string of the molecule is CCNC(=NCc1ccc(OC)c(OC)c1)NCCCCOc1ccc(F)cc1.I. The van der Waals surface area contributed by atoms with E-state index >= 15 is 0 Å². The fraction of sp³-hybridized carbons (Fsp3) is 0.409. The van der Waals surface area contributed by atoms with Crippen molar-refractivity contribution in [2.45, 2.75) is 26.3 Å². The van der Waals surface area contributed by atoms with Crippen LogP contribution in [0.25, 0.3) is 0 Å². The third-order valence-corrected chi connectivity index (χ3v) is 4.16. The number of halogens is 2. The molecular weight excluding hydrogens is 500 g/mol. The first-order valence-electron chi connectivity index (χ1n) is 9.77. The molecule has 2 rings (SSSR count). The molecule has 30 heavy (non-hydrogen) atoms. The summed E-state index contributed by atoms with van der Waals surface area (Å²) < 4.78 is 29.1. The standard InChI is InChI=1S/C22H30FN3O3.HI/c1-4-24-22(26-16-17-7-12-20(27-2)21(15-17)28-3)25-13-5-6-14-29-19-10-8-18(23)9-11-19;/h7-12,15H,4-6,13-14,16H2,1-3H3,(H2,24,25,26);1H. The molecular formula is C22H31FIN3O3. The second-order valence-electron chi connectivity index (χ2n) is 6.32. The van der Waals surface area contributed by atoms with Gasteiger partial charge in [-0.05, 0) is 61.7 Å². The highest BCUT2D eigenvalue weighted by molar-refractivity contribution is 14.0. The average molecular weight is 531 g/mol. The number of benzene rings is 2. The number of hydrogen-bond acceptors (Lipinski definition) is 4. The van der Waals surface area contributed by atoms with Crippen molar-refractivity contribution in [3.8, 4) is 17.2 Å². The van der Waals surface area contributed by atoms with Gasteiger partial charge in [-0.1, -0.05) is 6.07 Å². The second-order valence-corrected chi connectivity index (χ2v) is 6.32. The fourth-order valence-corrected chi connectivity index (χ4v) is 2.65. The van der Waals surface area contributed by atoms with Crippen LogP contribution in [0.4, 0.5) is 4.39 Å².